The molecule has 1 aliphatic heterocycles. The molecule has 1 aromatic rings. The Morgan fingerprint density at radius 1 is 1.19 bits per heavy atom. The predicted molar refractivity (Wildman–Crippen MR) is 76.1 cm³/mol. The first kappa shape index (κ1) is 14.7. The Morgan fingerprint density at radius 3 is 2.33 bits per heavy atom. The van der Waals surface area contributed by atoms with Crippen LogP contribution >= 0.6 is 0 Å². The van der Waals surface area contributed by atoms with E-state index < -0.39 is 21.4 Å². The molecule has 4 nitrogen and oxygen atoms in total. The van der Waals surface area contributed by atoms with Crippen molar-refractivity contribution in [2.24, 2.45) is 5.41 Å². The van der Waals surface area contributed by atoms with E-state index in [4.69, 9.17) is 0 Å². The van der Waals surface area contributed by atoms with Crippen molar-refractivity contribution in [1.29, 1.82) is 0 Å². The lowest BCUT2D eigenvalue weighted by Gasteiger charge is -2.59. The first-order chi connectivity index (χ1) is 9.68. The Morgan fingerprint density at radius 2 is 1.86 bits per heavy atom. The molecule has 0 bridgehead atoms. The predicted octanol–water partition coefficient (Wildman–Crippen LogP) is 2.17. The summed E-state index contributed by atoms with van der Waals surface area (Å²) in [5, 5.41) is 0. The van der Waals surface area contributed by atoms with Gasteiger partial charge in [0, 0.05) is 39.3 Å². The van der Waals surface area contributed by atoms with Crippen molar-refractivity contribution >= 4 is 15.7 Å². The van der Waals surface area contributed by atoms with Crippen LogP contribution in [0.4, 0.5) is 14.5 Å². The second-order valence-electron chi connectivity index (χ2n) is 6.15. The molecule has 1 heterocycles. The van der Waals surface area contributed by atoms with Crippen molar-refractivity contribution in [3.8, 4) is 0 Å². The molecule has 1 saturated heterocycles. The van der Waals surface area contributed by atoms with Gasteiger partial charge in [0.25, 0.3) is 5.92 Å². The van der Waals surface area contributed by atoms with Gasteiger partial charge < -0.3 is 4.90 Å². The second-order valence-corrected chi connectivity index (χ2v) is 8.09. The topological polar surface area (TPSA) is 40.6 Å². The van der Waals surface area contributed by atoms with Crippen LogP contribution in [0.25, 0.3) is 0 Å². The minimum Gasteiger partial charge on any atom is -0.378 e. The maximum absolute atomic E-state index is 13.5. The number of rotatable bonds is 3. The van der Waals surface area contributed by atoms with Gasteiger partial charge in [0.2, 0.25) is 10.0 Å². The van der Waals surface area contributed by atoms with Crippen LogP contribution in [0.1, 0.15) is 12.8 Å². The first-order valence-corrected chi connectivity index (χ1v) is 8.27. The highest BCUT2D eigenvalue weighted by molar-refractivity contribution is 7.89. The van der Waals surface area contributed by atoms with E-state index in [0.717, 1.165) is 9.99 Å². The lowest BCUT2D eigenvalue weighted by atomic mass is 9.61. The molecule has 0 N–H and O–H groups in total. The number of anilines is 1. The Hall–Kier alpha value is -1.21. The molecule has 0 atom stereocenters. The van der Waals surface area contributed by atoms with Crippen molar-refractivity contribution in [3.63, 3.8) is 0 Å². The Balaban J connectivity index is 1.82. The zero-order valence-corrected chi connectivity index (χ0v) is 12.8. The number of halogens is 2. The van der Waals surface area contributed by atoms with Gasteiger partial charge in [-0.3, -0.25) is 0 Å². The van der Waals surface area contributed by atoms with E-state index in [1.807, 2.05) is 14.1 Å². The highest BCUT2D eigenvalue weighted by atomic mass is 32.2. The fraction of sp³-hybridized carbons (Fsp3) is 0.571. The smallest absolute Gasteiger partial charge is 0.256 e. The van der Waals surface area contributed by atoms with Crippen molar-refractivity contribution in [2.45, 2.75) is 23.7 Å². The molecule has 21 heavy (non-hydrogen) atoms. The van der Waals surface area contributed by atoms with E-state index in [1.165, 1.54) is 6.07 Å². The molecule has 116 valence electrons. The van der Waals surface area contributed by atoms with Gasteiger partial charge in [0.15, 0.2) is 0 Å². The van der Waals surface area contributed by atoms with Gasteiger partial charge in [0.05, 0.1) is 10.3 Å². The molecule has 1 aromatic carbocycles. The van der Waals surface area contributed by atoms with Crippen LogP contribution in [0.3, 0.4) is 0 Å². The van der Waals surface area contributed by atoms with Crippen LogP contribution in [-0.4, -0.2) is 45.8 Å². The number of hydrogen-bond acceptors (Lipinski definition) is 3. The number of benzene rings is 1. The number of sulfonamides is 1. The summed E-state index contributed by atoms with van der Waals surface area (Å²) in [5.41, 5.74) is -0.348. The van der Waals surface area contributed by atoms with Crippen molar-refractivity contribution in [1.82, 2.24) is 4.31 Å². The van der Waals surface area contributed by atoms with Crippen LogP contribution in [0.5, 0.6) is 0 Å². The fourth-order valence-corrected chi connectivity index (χ4v) is 4.58. The summed E-state index contributed by atoms with van der Waals surface area (Å²) < 4.78 is 53.2. The lowest BCUT2D eigenvalue weighted by Crippen LogP contribution is -2.70. The van der Waals surface area contributed by atoms with Crippen LogP contribution in [0.2, 0.25) is 0 Å². The summed E-state index contributed by atoms with van der Waals surface area (Å²) in [6.07, 6.45) is 0.279. The van der Waals surface area contributed by atoms with Crippen molar-refractivity contribution in [2.75, 3.05) is 32.1 Å². The average molecular weight is 316 g/mol. The Bertz CT molecular complexity index is 667. The summed E-state index contributed by atoms with van der Waals surface area (Å²) in [6, 6.07) is 6.54. The van der Waals surface area contributed by atoms with Gasteiger partial charge in [-0.2, -0.15) is 4.31 Å². The summed E-state index contributed by atoms with van der Waals surface area (Å²) in [5.74, 6) is -2.72. The van der Waals surface area contributed by atoms with E-state index in [9.17, 15) is 17.2 Å². The van der Waals surface area contributed by atoms with Crippen molar-refractivity contribution < 1.29 is 17.2 Å². The molecule has 0 aromatic heterocycles. The van der Waals surface area contributed by atoms with E-state index in [1.54, 1.807) is 23.1 Å². The van der Waals surface area contributed by atoms with Gasteiger partial charge in [0.1, 0.15) is 0 Å². The molecule has 0 amide bonds. The third-order valence-electron chi connectivity index (χ3n) is 4.62. The molecule has 3 rings (SSSR count). The minimum absolute atomic E-state index is 0.0749. The third kappa shape index (κ3) is 2.05. The zero-order chi connectivity index (χ0) is 15.5. The van der Waals surface area contributed by atoms with Gasteiger partial charge in [-0.25, -0.2) is 17.2 Å². The van der Waals surface area contributed by atoms with Crippen molar-refractivity contribution in [3.05, 3.63) is 24.3 Å². The van der Waals surface area contributed by atoms with Gasteiger partial charge in [-0.05, 0) is 24.6 Å². The van der Waals surface area contributed by atoms with E-state index in [0.29, 0.717) is 6.42 Å². The molecular formula is C14H18F2N2O2S. The van der Waals surface area contributed by atoms with Crippen LogP contribution in [0, 0.1) is 5.41 Å². The SMILES string of the molecule is CN(C)c1cccc(S(=O)(=O)N2CC3(CCC3(F)F)C2)c1. The Kier molecular flexibility index (Phi) is 3.08. The summed E-state index contributed by atoms with van der Waals surface area (Å²) in [4.78, 5) is 1.96. The molecule has 0 unspecified atom stereocenters. The maximum atomic E-state index is 13.5. The van der Waals surface area contributed by atoms with Gasteiger partial charge >= 0.3 is 0 Å². The maximum Gasteiger partial charge on any atom is 0.256 e. The van der Waals surface area contributed by atoms with Crippen LogP contribution in [0.15, 0.2) is 29.2 Å². The molecule has 2 fully saturated rings. The molecule has 2 aliphatic rings. The van der Waals surface area contributed by atoms with Gasteiger partial charge in [-0.15, -0.1) is 0 Å². The number of alkyl halides is 2. The first-order valence-electron chi connectivity index (χ1n) is 6.83. The van der Waals surface area contributed by atoms with Crippen LogP contribution < -0.4 is 4.90 Å². The molecule has 1 aliphatic carbocycles. The normalized spacial score (nSPS) is 23.4. The summed E-state index contributed by atoms with van der Waals surface area (Å²) >= 11 is 0. The van der Waals surface area contributed by atoms with E-state index in [-0.39, 0.29) is 24.4 Å². The highest BCUT2D eigenvalue weighted by Crippen LogP contribution is 2.59. The highest BCUT2D eigenvalue weighted by Gasteiger charge is 2.68. The number of nitrogens with zero attached hydrogens (tertiary/aromatic N) is 2. The Labute approximate surface area is 123 Å². The van der Waals surface area contributed by atoms with Gasteiger partial charge in [-0.1, -0.05) is 6.07 Å². The molecule has 7 heteroatoms. The quantitative estimate of drug-likeness (QED) is 0.858. The molecule has 1 spiro atoms. The van der Waals surface area contributed by atoms with E-state index in [2.05, 4.69) is 0 Å². The summed E-state index contributed by atoms with van der Waals surface area (Å²) in [6.45, 7) is -0.150. The molecule has 0 radical (unpaired) electrons. The zero-order valence-electron chi connectivity index (χ0n) is 12.0. The summed E-state index contributed by atoms with van der Waals surface area (Å²) in [7, 11) is -0.0449. The standard InChI is InChI=1S/C14H18F2N2O2S/c1-17(2)11-4-3-5-12(8-11)21(19,20)18-9-13(10-18)6-7-14(13,15)16/h3-5,8H,6-7,9-10H2,1-2H3. The monoisotopic (exact) mass is 316 g/mol. The molecular weight excluding hydrogens is 298 g/mol. The average Bonchev–Trinajstić information content (AvgIpc) is 2.36. The number of hydrogen-bond donors (Lipinski definition) is 0. The molecule has 1 saturated carbocycles. The second kappa shape index (κ2) is 4.39. The lowest BCUT2D eigenvalue weighted by molar-refractivity contribution is -0.242. The van der Waals surface area contributed by atoms with Crippen LogP contribution in [-0.2, 0) is 10.0 Å². The fourth-order valence-electron chi connectivity index (χ4n) is 2.93. The largest absolute Gasteiger partial charge is 0.378 e. The third-order valence-corrected chi connectivity index (χ3v) is 6.41. The minimum atomic E-state index is -3.68. The van der Waals surface area contributed by atoms with E-state index >= 15 is 0 Å².